The van der Waals surface area contributed by atoms with Crippen LogP contribution in [0.5, 0.6) is 0 Å². The van der Waals surface area contributed by atoms with E-state index in [2.05, 4.69) is 42.3 Å². The Bertz CT molecular complexity index is 503. The summed E-state index contributed by atoms with van der Waals surface area (Å²) >= 11 is 0. The molecular weight excluding hydrogens is 208 g/mol. The number of likely N-dealkylation sites (N-methyl/N-ethyl adjacent to an activating group) is 1. The zero-order valence-electron chi connectivity index (χ0n) is 10.8. The van der Waals surface area contributed by atoms with Gasteiger partial charge in [-0.15, -0.1) is 0 Å². The highest BCUT2D eigenvalue weighted by Crippen LogP contribution is 2.25. The van der Waals surface area contributed by atoms with E-state index in [1.165, 1.54) is 21.9 Å². The third-order valence-electron chi connectivity index (χ3n) is 3.14. The Morgan fingerprint density at radius 2 is 2.06 bits per heavy atom. The van der Waals surface area contributed by atoms with E-state index in [0.29, 0.717) is 5.92 Å². The van der Waals surface area contributed by atoms with E-state index in [1.54, 1.807) is 0 Å². The summed E-state index contributed by atoms with van der Waals surface area (Å²) in [5.74, 6) is 0.523. The van der Waals surface area contributed by atoms with E-state index in [-0.39, 0.29) is 0 Å². The molecule has 0 amide bonds. The molecule has 90 valence electrons. The highest BCUT2D eigenvalue weighted by molar-refractivity contribution is 5.85. The topological polar surface area (TPSA) is 24.9 Å². The molecule has 1 aromatic carbocycles. The molecule has 0 saturated carbocycles. The summed E-state index contributed by atoms with van der Waals surface area (Å²) in [6.45, 7) is 5.44. The van der Waals surface area contributed by atoms with E-state index in [1.807, 2.05) is 19.4 Å². The molecule has 0 radical (unpaired) electrons. The van der Waals surface area contributed by atoms with Crippen LogP contribution >= 0.6 is 0 Å². The van der Waals surface area contributed by atoms with Crippen molar-refractivity contribution in [2.45, 2.75) is 26.2 Å². The molecule has 2 heteroatoms. The standard InChI is InChI=1S/C15H20N2/c1-11(2)15-10-17-9-13-8-12(6-7-16-3)4-5-14(13)15/h4-5,8-11,16H,6-7H2,1-3H3. The Hall–Kier alpha value is -1.41. The SMILES string of the molecule is CNCCc1ccc2c(C(C)C)cncc2c1. The van der Waals surface area contributed by atoms with Gasteiger partial charge in [-0.3, -0.25) is 4.98 Å². The van der Waals surface area contributed by atoms with Crippen LogP contribution in [0, 0.1) is 0 Å². The summed E-state index contributed by atoms with van der Waals surface area (Å²) in [4.78, 5) is 4.34. The predicted molar refractivity (Wildman–Crippen MR) is 73.5 cm³/mol. The number of aromatic nitrogens is 1. The summed E-state index contributed by atoms with van der Waals surface area (Å²) in [6.07, 6.45) is 5.02. The number of fused-ring (bicyclic) bond motifs is 1. The number of hydrogen-bond acceptors (Lipinski definition) is 2. The van der Waals surface area contributed by atoms with Gasteiger partial charge in [0.1, 0.15) is 0 Å². The van der Waals surface area contributed by atoms with Crippen LogP contribution in [0.15, 0.2) is 30.6 Å². The minimum Gasteiger partial charge on any atom is -0.319 e. The van der Waals surface area contributed by atoms with Crippen molar-refractivity contribution in [3.8, 4) is 0 Å². The average molecular weight is 228 g/mol. The van der Waals surface area contributed by atoms with Gasteiger partial charge < -0.3 is 5.32 Å². The zero-order valence-corrected chi connectivity index (χ0v) is 10.8. The predicted octanol–water partition coefficient (Wildman–Crippen LogP) is 3.12. The van der Waals surface area contributed by atoms with Gasteiger partial charge in [-0.2, -0.15) is 0 Å². The lowest BCUT2D eigenvalue weighted by Gasteiger charge is -2.10. The van der Waals surface area contributed by atoms with Crippen LogP contribution in [0.4, 0.5) is 0 Å². The molecule has 0 atom stereocenters. The second-order valence-electron chi connectivity index (χ2n) is 4.79. The van der Waals surface area contributed by atoms with E-state index in [0.717, 1.165) is 13.0 Å². The third-order valence-corrected chi connectivity index (χ3v) is 3.14. The Balaban J connectivity index is 2.42. The summed E-state index contributed by atoms with van der Waals surface area (Å²) in [5.41, 5.74) is 2.71. The van der Waals surface area contributed by atoms with Crippen LogP contribution in [0.2, 0.25) is 0 Å². The first-order valence-electron chi connectivity index (χ1n) is 6.23. The normalized spacial score (nSPS) is 11.3. The molecular formula is C15H20N2. The maximum absolute atomic E-state index is 4.34. The average Bonchev–Trinajstić information content (AvgIpc) is 2.35. The molecule has 2 rings (SSSR count). The van der Waals surface area contributed by atoms with Gasteiger partial charge in [-0.1, -0.05) is 26.0 Å². The first-order chi connectivity index (χ1) is 8.22. The van der Waals surface area contributed by atoms with Crippen molar-refractivity contribution in [2.24, 2.45) is 0 Å². The number of nitrogens with one attached hydrogen (secondary N) is 1. The van der Waals surface area contributed by atoms with Crippen molar-refractivity contribution >= 4 is 10.8 Å². The molecule has 0 saturated heterocycles. The van der Waals surface area contributed by atoms with Crippen molar-refractivity contribution in [1.82, 2.24) is 10.3 Å². The lowest BCUT2D eigenvalue weighted by atomic mass is 9.97. The van der Waals surface area contributed by atoms with Gasteiger partial charge in [0.05, 0.1) is 0 Å². The Labute approximate surface area is 103 Å². The van der Waals surface area contributed by atoms with Crippen LogP contribution in [0.3, 0.4) is 0 Å². The van der Waals surface area contributed by atoms with Crippen LogP contribution in [0.25, 0.3) is 10.8 Å². The largest absolute Gasteiger partial charge is 0.319 e. The van der Waals surface area contributed by atoms with Gasteiger partial charge in [0, 0.05) is 17.8 Å². The van der Waals surface area contributed by atoms with Crippen molar-refractivity contribution in [3.05, 3.63) is 41.7 Å². The smallest absolute Gasteiger partial charge is 0.0346 e. The Morgan fingerprint density at radius 3 is 2.76 bits per heavy atom. The Morgan fingerprint density at radius 1 is 1.24 bits per heavy atom. The highest BCUT2D eigenvalue weighted by atomic mass is 14.8. The van der Waals surface area contributed by atoms with Gasteiger partial charge in [0.15, 0.2) is 0 Å². The van der Waals surface area contributed by atoms with Gasteiger partial charge in [0.25, 0.3) is 0 Å². The quantitative estimate of drug-likeness (QED) is 0.869. The van der Waals surface area contributed by atoms with E-state index < -0.39 is 0 Å². The molecule has 0 bridgehead atoms. The van der Waals surface area contributed by atoms with E-state index in [4.69, 9.17) is 0 Å². The molecule has 0 aliphatic heterocycles. The maximum Gasteiger partial charge on any atom is 0.0346 e. The van der Waals surface area contributed by atoms with E-state index >= 15 is 0 Å². The van der Waals surface area contributed by atoms with Gasteiger partial charge >= 0.3 is 0 Å². The van der Waals surface area contributed by atoms with Crippen molar-refractivity contribution in [2.75, 3.05) is 13.6 Å². The highest BCUT2D eigenvalue weighted by Gasteiger charge is 2.05. The summed E-state index contributed by atoms with van der Waals surface area (Å²) < 4.78 is 0. The minimum absolute atomic E-state index is 0.523. The van der Waals surface area contributed by atoms with Crippen LogP contribution < -0.4 is 5.32 Å². The van der Waals surface area contributed by atoms with Crippen LogP contribution in [-0.4, -0.2) is 18.6 Å². The first-order valence-corrected chi connectivity index (χ1v) is 6.23. The second kappa shape index (κ2) is 5.28. The first kappa shape index (κ1) is 12.1. The number of benzene rings is 1. The summed E-state index contributed by atoms with van der Waals surface area (Å²) in [6, 6.07) is 6.72. The van der Waals surface area contributed by atoms with Gasteiger partial charge in [-0.25, -0.2) is 0 Å². The van der Waals surface area contributed by atoms with Gasteiger partial charge in [0.2, 0.25) is 0 Å². The second-order valence-corrected chi connectivity index (χ2v) is 4.79. The maximum atomic E-state index is 4.34. The summed E-state index contributed by atoms with van der Waals surface area (Å²) in [5, 5.41) is 5.77. The van der Waals surface area contributed by atoms with Crippen molar-refractivity contribution in [3.63, 3.8) is 0 Å². The van der Waals surface area contributed by atoms with Gasteiger partial charge in [-0.05, 0) is 48.5 Å². The molecule has 0 unspecified atom stereocenters. The number of hydrogen-bond donors (Lipinski definition) is 1. The molecule has 2 aromatic rings. The lowest BCUT2D eigenvalue weighted by molar-refractivity contribution is 0.792. The van der Waals surface area contributed by atoms with Crippen LogP contribution in [-0.2, 0) is 6.42 Å². The molecule has 0 aliphatic carbocycles. The third kappa shape index (κ3) is 2.64. The lowest BCUT2D eigenvalue weighted by Crippen LogP contribution is -2.10. The fraction of sp³-hybridized carbons (Fsp3) is 0.400. The molecule has 1 N–H and O–H groups in total. The monoisotopic (exact) mass is 228 g/mol. The molecule has 0 fully saturated rings. The molecule has 17 heavy (non-hydrogen) atoms. The van der Waals surface area contributed by atoms with Crippen LogP contribution in [0.1, 0.15) is 30.9 Å². The number of pyridine rings is 1. The molecule has 1 aromatic heterocycles. The fourth-order valence-corrected chi connectivity index (χ4v) is 2.13. The minimum atomic E-state index is 0.523. The van der Waals surface area contributed by atoms with E-state index in [9.17, 15) is 0 Å². The van der Waals surface area contributed by atoms with Crippen molar-refractivity contribution in [1.29, 1.82) is 0 Å². The van der Waals surface area contributed by atoms with Crippen molar-refractivity contribution < 1.29 is 0 Å². The molecule has 2 nitrogen and oxygen atoms in total. The molecule has 0 spiro atoms. The Kier molecular flexibility index (Phi) is 3.75. The molecule has 0 aliphatic rings. The summed E-state index contributed by atoms with van der Waals surface area (Å²) in [7, 11) is 1.99. The number of rotatable bonds is 4. The molecule has 1 heterocycles. The zero-order chi connectivity index (χ0) is 12.3. The number of nitrogens with zero attached hydrogens (tertiary/aromatic N) is 1. The fourth-order valence-electron chi connectivity index (χ4n) is 2.13.